The first-order valence-corrected chi connectivity index (χ1v) is 5.57. The molecule has 0 radical (unpaired) electrons. The molecule has 0 amide bonds. The molecule has 0 aliphatic carbocycles. The highest BCUT2D eigenvalue weighted by Gasteiger charge is 2.16. The first kappa shape index (κ1) is 14.5. The van der Waals surface area contributed by atoms with Crippen LogP contribution in [0.25, 0.3) is 0 Å². The minimum atomic E-state index is -1.01. The molecule has 0 fully saturated rings. The molecular weight excluding hydrogens is 236 g/mol. The van der Waals surface area contributed by atoms with Gasteiger partial charge in [0.05, 0.1) is 26.9 Å². The normalized spacial score (nSPS) is 10.4. The summed E-state index contributed by atoms with van der Waals surface area (Å²) >= 11 is 0. The van der Waals surface area contributed by atoms with Gasteiger partial charge in [-0.1, -0.05) is 6.07 Å². The Morgan fingerprint density at radius 1 is 1.28 bits per heavy atom. The molecule has 0 heterocycles. The highest BCUT2D eigenvalue weighted by atomic mass is 16.5. The monoisotopic (exact) mass is 254 g/mol. The van der Waals surface area contributed by atoms with Crippen molar-refractivity contribution in [2.24, 2.45) is 0 Å². The van der Waals surface area contributed by atoms with Gasteiger partial charge in [0.2, 0.25) is 0 Å². The summed E-state index contributed by atoms with van der Waals surface area (Å²) in [5.41, 5.74) is 1.74. The van der Waals surface area contributed by atoms with Gasteiger partial charge in [0.1, 0.15) is 11.3 Å². The predicted molar refractivity (Wildman–Crippen MR) is 66.2 cm³/mol. The minimum absolute atomic E-state index is 0.155. The number of ether oxygens (including phenoxy) is 3. The molecule has 1 aromatic rings. The van der Waals surface area contributed by atoms with Crippen LogP contribution in [0.5, 0.6) is 5.75 Å². The van der Waals surface area contributed by atoms with Gasteiger partial charge >= 0.3 is 5.97 Å². The van der Waals surface area contributed by atoms with Crippen LogP contribution in [0.15, 0.2) is 12.1 Å². The number of carbonyl (C=O) groups is 1. The highest BCUT2D eigenvalue weighted by molar-refractivity contribution is 5.91. The molecular formula is C13H18O5. The molecule has 0 unspecified atom stereocenters. The number of carboxylic acids is 1. The Hall–Kier alpha value is -1.59. The summed E-state index contributed by atoms with van der Waals surface area (Å²) in [6.07, 6.45) is 0. The van der Waals surface area contributed by atoms with Crippen LogP contribution in [0, 0.1) is 6.92 Å². The number of rotatable bonds is 7. The summed E-state index contributed by atoms with van der Waals surface area (Å²) in [6.45, 7) is 3.09. The lowest BCUT2D eigenvalue weighted by Gasteiger charge is -2.13. The van der Waals surface area contributed by atoms with Crippen LogP contribution >= 0.6 is 0 Å². The number of hydrogen-bond acceptors (Lipinski definition) is 4. The zero-order valence-corrected chi connectivity index (χ0v) is 10.9. The lowest BCUT2D eigenvalue weighted by Crippen LogP contribution is -2.07. The van der Waals surface area contributed by atoms with Crippen molar-refractivity contribution >= 4 is 5.97 Å². The van der Waals surface area contributed by atoms with Gasteiger partial charge in [-0.2, -0.15) is 0 Å². The Labute approximate surface area is 106 Å². The van der Waals surface area contributed by atoms with Crippen molar-refractivity contribution in [3.8, 4) is 5.75 Å². The van der Waals surface area contributed by atoms with Gasteiger partial charge in [0.15, 0.2) is 0 Å². The third-order valence-electron chi connectivity index (χ3n) is 2.43. The molecule has 0 aliphatic rings. The first-order chi connectivity index (χ1) is 8.60. The van der Waals surface area contributed by atoms with Gasteiger partial charge < -0.3 is 19.3 Å². The van der Waals surface area contributed by atoms with Crippen LogP contribution in [0.4, 0.5) is 0 Å². The van der Waals surface area contributed by atoms with E-state index in [0.717, 1.165) is 11.1 Å². The van der Waals surface area contributed by atoms with Crippen LogP contribution in [0.2, 0.25) is 0 Å². The average molecular weight is 254 g/mol. The Balaban J connectivity index is 2.91. The van der Waals surface area contributed by atoms with Crippen molar-refractivity contribution in [1.82, 2.24) is 0 Å². The van der Waals surface area contributed by atoms with Gasteiger partial charge in [0, 0.05) is 12.7 Å². The SMILES string of the molecule is COCCOCc1cc(C)cc(C(=O)O)c1OC. The van der Waals surface area contributed by atoms with E-state index >= 15 is 0 Å². The molecule has 1 N–H and O–H groups in total. The van der Waals surface area contributed by atoms with Crippen LogP contribution in [0.1, 0.15) is 21.5 Å². The van der Waals surface area contributed by atoms with Gasteiger partial charge in [0.25, 0.3) is 0 Å². The summed E-state index contributed by atoms with van der Waals surface area (Å²) in [5, 5.41) is 9.11. The van der Waals surface area contributed by atoms with Gasteiger partial charge in [-0.15, -0.1) is 0 Å². The third-order valence-corrected chi connectivity index (χ3v) is 2.43. The number of benzene rings is 1. The Morgan fingerprint density at radius 2 is 2.00 bits per heavy atom. The summed E-state index contributed by atoms with van der Waals surface area (Å²) < 4.78 is 15.4. The highest BCUT2D eigenvalue weighted by Crippen LogP contribution is 2.26. The average Bonchev–Trinajstić information content (AvgIpc) is 2.33. The van der Waals surface area contributed by atoms with E-state index < -0.39 is 5.97 Å². The molecule has 0 aliphatic heterocycles. The number of methoxy groups -OCH3 is 2. The van der Waals surface area contributed by atoms with E-state index in [1.807, 2.05) is 13.0 Å². The van der Waals surface area contributed by atoms with Crippen molar-refractivity contribution < 1.29 is 24.1 Å². The van der Waals surface area contributed by atoms with Gasteiger partial charge in [-0.05, 0) is 18.6 Å². The molecule has 100 valence electrons. The largest absolute Gasteiger partial charge is 0.495 e. The fraction of sp³-hybridized carbons (Fsp3) is 0.462. The summed E-state index contributed by atoms with van der Waals surface area (Å²) in [5.74, 6) is -0.654. The predicted octanol–water partition coefficient (Wildman–Crippen LogP) is 1.86. The maximum Gasteiger partial charge on any atom is 0.339 e. The van der Waals surface area contributed by atoms with Crippen molar-refractivity contribution in [3.63, 3.8) is 0 Å². The molecule has 0 spiro atoms. The molecule has 1 rings (SSSR count). The second-order valence-electron chi connectivity index (χ2n) is 3.86. The maximum absolute atomic E-state index is 11.1. The molecule has 0 aromatic heterocycles. The molecule has 5 nitrogen and oxygen atoms in total. The van der Waals surface area contributed by atoms with E-state index in [4.69, 9.17) is 19.3 Å². The number of aromatic carboxylic acids is 1. The summed E-state index contributed by atoms with van der Waals surface area (Å²) in [6, 6.07) is 3.44. The summed E-state index contributed by atoms with van der Waals surface area (Å²) in [4.78, 5) is 11.1. The standard InChI is InChI=1S/C13H18O5/c1-9-6-10(8-18-5-4-16-2)12(17-3)11(7-9)13(14)15/h6-7H,4-5,8H2,1-3H3,(H,14,15). The lowest BCUT2D eigenvalue weighted by atomic mass is 10.0. The zero-order valence-electron chi connectivity index (χ0n) is 10.9. The Bertz CT molecular complexity index is 414. The van der Waals surface area contributed by atoms with Crippen molar-refractivity contribution in [1.29, 1.82) is 0 Å². The number of carboxylic acid groups (broad SMARTS) is 1. The molecule has 5 heteroatoms. The second-order valence-corrected chi connectivity index (χ2v) is 3.86. The van der Waals surface area contributed by atoms with Crippen LogP contribution < -0.4 is 4.74 Å². The van der Waals surface area contributed by atoms with Crippen LogP contribution in [0.3, 0.4) is 0 Å². The summed E-state index contributed by atoms with van der Waals surface area (Å²) in [7, 11) is 3.05. The fourth-order valence-electron chi connectivity index (χ4n) is 1.68. The van der Waals surface area contributed by atoms with Gasteiger partial charge in [-0.3, -0.25) is 0 Å². The van der Waals surface area contributed by atoms with Crippen molar-refractivity contribution in [2.75, 3.05) is 27.4 Å². The lowest BCUT2D eigenvalue weighted by molar-refractivity contribution is 0.0603. The Kier molecular flexibility index (Phi) is 5.61. The molecule has 18 heavy (non-hydrogen) atoms. The van der Waals surface area contributed by atoms with E-state index in [1.54, 1.807) is 13.2 Å². The van der Waals surface area contributed by atoms with E-state index in [-0.39, 0.29) is 5.56 Å². The Morgan fingerprint density at radius 3 is 2.56 bits per heavy atom. The van der Waals surface area contributed by atoms with Gasteiger partial charge in [-0.25, -0.2) is 4.79 Å². The first-order valence-electron chi connectivity index (χ1n) is 5.57. The molecule has 0 saturated carbocycles. The van der Waals surface area contributed by atoms with E-state index in [0.29, 0.717) is 25.6 Å². The van der Waals surface area contributed by atoms with Crippen LogP contribution in [-0.4, -0.2) is 38.5 Å². The molecule has 0 saturated heterocycles. The topological polar surface area (TPSA) is 65.0 Å². The molecule has 0 atom stereocenters. The molecule has 1 aromatic carbocycles. The third kappa shape index (κ3) is 3.72. The number of aryl methyl sites for hydroxylation is 1. The second kappa shape index (κ2) is 6.98. The molecule has 0 bridgehead atoms. The maximum atomic E-state index is 11.1. The van der Waals surface area contributed by atoms with Crippen LogP contribution in [-0.2, 0) is 16.1 Å². The quantitative estimate of drug-likeness (QED) is 0.752. The van der Waals surface area contributed by atoms with E-state index in [1.165, 1.54) is 7.11 Å². The minimum Gasteiger partial charge on any atom is -0.495 e. The van der Waals surface area contributed by atoms with E-state index in [9.17, 15) is 4.79 Å². The number of hydrogen-bond donors (Lipinski definition) is 1. The van der Waals surface area contributed by atoms with E-state index in [2.05, 4.69) is 0 Å². The van der Waals surface area contributed by atoms with Crippen molar-refractivity contribution in [3.05, 3.63) is 28.8 Å². The smallest absolute Gasteiger partial charge is 0.339 e. The fourth-order valence-corrected chi connectivity index (χ4v) is 1.68. The van der Waals surface area contributed by atoms with Crippen molar-refractivity contribution in [2.45, 2.75) is 13.5 Å². The zero-order chi connectivity index (χ0) is 13.5.